The van der Waals surface area contributed by atoms with E-state index in [9.17, 15) is 9.90 Å². The summed E-state index contributed by atoms with van der Waals surface area (Å²) in [5.41, 5.74) is 1.42. The number of benzene rings is 2. The van der Waals surface area contributed by atoms with E-state index >= 15 is 0 Å². The fourth-order valence-corrected chi connectivity index (χ4v) is 4.26. The maximum Gasteiger partial charge on any atom is 0.262 e. The van der Waals surface area contributed by atoms with Gasteiger partial charge in [-0.05, 0) is 43.3 Å². The van der Waals surface area contributed by atoms with Crippen LogP contribution >= 0.6 is 11.6 Å². The highest BCUT2D eigenvalue weighted by atomic mass is 35.5. The van der Waals surface area contributed by atoms with Crippen LogP contribution in [0.3, 0.4) is 0 Å². The summed E-state index contributed by atoms with van der Waals surface area (Å²) in [6.07, 6.45) is 2.35. The lowest BCUT2D eigenvalue weighted by molar-refractivity contribution is -0.104. The van der Waals surface area contributed by atoms with E-state index in [2.05, 4.69) is 5.16 Å². The van der Waals surface area contributed by atoms with Gasteiger partial charge in [0.05, 0.1) is 10.9 Å². The largest absolute Gasteiger partial charge is 0.485 e. The summed E-state index contributed by atoms with van der Waals surface area (Å²) in [7, 11) is 0. The molecule has 164 valence electrons. The molecule has 2 aliphatic rings. The molecule has 3 aromatic rings. The van der Waals surface area contributed by atoms with Gasteiger partial charge in [0.1, 0.15) is 23.2 Å². The number of ketones is 1. The summed E-state index contributed by atoms with van der Waals surface area (Å²) < 4.78 is 17.7. The molecule has 1 unspecified atom stereocenters. The highest BCUT2D eigenvalue weighted by Gasteiger charge is 2.45. The molecule has 32 heavy (non-hydrogen) atoms. The predicted molar refractivity (Wildman–Crippen MR) is 119 cm³/mol. The Hall–Kier alpha value is -3.09. The van der Waals surface area contributed by atoms with Crippen LogP contribution in [0.5, 0.6) is 11.6 Å². The molecule has 0 saturated carbocycles. The lowest BCUT2D eigenvalue weighted by atomic mass is 9.87. The van der Waals surface area contributed by atoms with Crippen molar-refractivity contribution in [2.24, 2.45) is 0 Å². The minimum Gasteiger partial charge on any atom is -0.485 e. The summed E-state index contributed by atoms with van der Waals surface area (Å²) in [6, 6.07) is 14.2. The molecule has 0 amide bonds. The maximum absolute atomic E-state index is 13.0. The third kappa shape index (κ3) is 3.59. The fourth-order valence-electron chi connectivity index (χ4n) is 4.04. The smallest absolute Gasteiger partial charge is 0.262 e. The number of aliphatic hydroxyl groups is 1. The first-order valence-electron chi connectivity index (χ1n) is 10.4. The van der Waals surface area contributed by atoms with Gasteiger partial charge >= 0.3 is 0 Å². The maximum atomic E-state index is 13.0. The van der Waals surface area contributed by atoms with Crippen LogP contribution in [0.2, 0.25) is 0 Å². The van der Waals surface area contributed by atoms with Crippen LogP contribution in [-0.2, 0) is 6.42 Å². The average Bonchev–Trinajstić information content (AvgIpc) is 3.18. The molecule has 0 saturated heterocycles. The summed E-state index contributed by atoms with van der Waals surface area (Å²) in [6.45, 7) is 3.58. The number of hydrogen-bond acceptors (Lipinski definition) is 6. The molecular weight excluding hydrogens is 430 g/mol. The lowest BCUT2D eigenvalue weighted by Gasteiger charge is -2.41. The summed E-state index contributed by atoms with van der Waals surface area (Å²) in [4.78, 5) is 13.0. The first-order valence-corrected chi connectivity index (χ1v) is 10.9. The number of nitrogens with zero attached hydrogens (tertiary/aromatic N) is 1. The molecule has 0 spiro atoms. The van der Waals surface area contributed by atoms with Gasteiger partial charge in [0.15, 0.2) is 11.9 Å². The van der Waals surface area contributed by atoms with Gasteiger partial charge in [-0.15, -0.1) is 11.6 Å². The highest BCUT2D eigenvalue weighted by molar-refractivity contribution is 6.22. The third-order valence-corrected chi connectivity index (χ3v) is 6.15. The Bertz CT molecular complexity index is 1200. The molecular formula is C25H22ClNO5. The van der Waals surface area contributed by atoms with Gasteiger partial charge in [0, 0.05) is 23.1 Å². The number of hydrogen-bond donors (Lipinski definition) is 1. The number of carbonyl (C=O) groups excluding carboxylic acids is 1. The van der Waals surface area contributed by atoms with E-state index in [4.69, 9.17) is 25.6 Å². The Morgan fingerprint density at radius 3 is 2.75 bits per heavy atom. The van der Waals surface area contributed by atoms with Gasteiger partial charge in [-0.25, -0.2) is 0 Å². The van der Waals surface area contributed by atoms with Crippen LogP contribution in [0, 0.1) is 0 Å². The van der Waals surface area contributed by atoms with E-state index in [0.717, 1.165) is 0 Å². The van der Waals surface area contributed by atoms with E-state index in [-0.39, 0.29) is 17.0 Å². The quantitative estimate of drug-likeness (QED) is 0.456. The molecule has 6 nitrogen and oxygen atoms in total. The second-order valence-electron chi connectivity index (χ2n) is 8.54. The molecule has 0 radical (unpaired) electrons. The molecule has 1 aliphatic heterocycles. The molecule has 1 N–H and O–H groups in total. The first kappa shape index (κ1) is 20.8. The lowest BCUT2D eigenvalue weighted by Crippen LogP contribution is -2.50. The number of fused-ring (bicyclic) bond motifs is 2. The number of rotatable bonds is 4. The van der Waals surface area contributed by atoms with Crippen molar-refractivity contribution in [3.8, 4) is 11.6 Å². The van der Waals surface area contributed by atoms with Crippen molar-refractivity contribution in [3.63, 3.8) is 0 Å². The van der Waals surface area contributed by atoms with Crippen molar-refractivity contribution >= 4 is 23.5 Å². The number of carbonyl (C=O) groups is 1. The SMILES string of the molecule is CC1(C)Oc2ccc(C(=O)c3ccccc3)cc2[C@@H](Oc2noc3c2C=CC(Cl)C3)[C@@H]1O. The number of alkyl halides is 1. The van der Waals surface area contributed by atoms with Gasteiger partial charge in [0.2, 0.25) is 0 Å². The second kappa shape index (κ2) is 7.80. The number of ether oxygens (including phenoxy) is 2. The Balaban J connectivity index is 1.54. The molecule has 2 aromatic carbocycles. The van der Waals surface area contributed by atoms with Crippen LogP contribution in [-0.4, -0.2) is 33.1 Å². The highest BCUT2D eigenvalue weighted by Crippen LogP contribution is 2.43. The van der Waals surface area contributed by atoms with Gasteiger partial charge in [0.25, 0.3) is 5.88 Å². The number of aromatic nitrogens is 1. The number of aliphatic hydroxyl groups excluding tert-OH is 1. The Morgan fingerprint density at radius 1 is 1.19 bits per heavy atom. The molecule has 5 rings (SSSR count). The normalized spacial score (nSPS) is 23.1. The molecule has 0 bridgehead atoms. The monoisotopic (exact) mass is 451 g/mol. The van der Waals surface area contributed by atoms with E-state index < -0.39 is 17.8 Å². The van der Waals surface area contributed by atoms with Gasteiger partial charge in [-0.2, -0.15) is 0 Å². The number of halogens is 1. The van der Waals surface area contributed by atoms with Crippen LogP contribution in [0.25, 0.3) is 6.08 Å². The fraction of sp³-hybridized carbons (Fsp3) is 0.280. The van der Waals surface area contributed by atoms with Crippen molar-refractivity contribution in [1.29, 1.82) is 0 Å². The minimum absolute atomic E-state index is 0.124. The molecule has 0 fully saturated rings. The molecule has 1 aliphatic carbocycles. The Morgan fingerprint density at radius 2 is 1.97 bits per heavy atom. The van der Waals surface area contributed by atoms with Gasteiger partial charge in [-0.1, -0.05) is 36.4 Å². The van der Waals surface area contributed by atoms with E-state index in [1.54, 1.807) is 44.2 Å². The van der Waals surface area contributed by atoms with Crippen molar-refractivity contribution in [2.45, 2.75) is 43.5 Å². The second-order valence-corrected chi connectivity index (χ2v) is 9.10. The van der Waals surface area contributed by atoms with Crippen LogP contribution in [0.1, 0.15) is 52.8 Å². The van der Waals surface area contributed by atoms with Crippen LogP contribution in [0.15, 0.2) is 59.1 Å². The summed E-state index contributed by atoms with van der Waals surface area (Å²) >= 11 is 6.17. The van der Waals surface area contributed by atoms with Crippen LogP contribution in [0.4, 0.5) is 0 Å². The molecule has 7 heteroatoms. The number of allylic oxidation sites excluding steroid dienone is 1. The van der Waals surface area contributed by atoms with Crippen molar-refractivity contribution < 1.29 is 23.9 Å². The van der Waals surface area contributed by atoms with Gasteiger partial charge in [-0.3, -0.25) is 4.79 Å². The zero-order chi connectivity index (χ0) is 22.5. The predicted octanol–water partition coefficient (Wildman–Crippen LogP) is 4.73. The summed E-state index contributed by atoms with van der Waals surface area (Å²) in [5, 5.41) is 15.0. The molecule has 2 heterocycles. The van der Waals surface area contributed by atoms with Crippen molar-refractivity contribution in [1.82, 2.24) is 5.16 Å². The topological polar surface area (TPSA) is 81.8 Å². The summed E-state index contributed by atoms with van der Waals surface area (Å²) in [5.74, 6) is 1.33. The van der Waals surface area contributed by atoms with Crippen molar-refractivity contribution in [3.05, 3.63) is 82.6 Å². The third-order valence-electron chi connectivity index (χ3n) is 5.85. The minimum atomic E-state index is -1.02. The Labute approximate surface area is 190 Å². The zero-order valence-corrected chi connectivity index (χ0v) is 18.4. The Kier molecular flexibility index (Phi) is 5.07. The van der Waals surface area contributed by atoms with Crippen LogP contribution < -0.4 is 9.47 Å². The van der Waals surface area contributed by atoms with E-state index in [0.29, 0.717) is 40.2 Å². The van der Waals surface area contributed by atoms with E-state index in [1.807, 2.05) is 30.4 Å². The average molecular weight is 452 g/mol. The standard InChI is InChI=1S/C25H22ClNO5/c1-25(2)23(29)22(30-24-17-10-9-16(26)13-20(17)32-27-24)18-12-15(8-11-19(18)31-25)21(28)14-6-4-3-5-7-14/h3-12,16,22-23,29H,13H2,1-2H3/t16?,22-,23+/m1/s1. The van der Waals surface area contributed by atoms with Crippen molar-refractivity contribution in [2.75, 3.05) is 0 Å². The molecule has 1 aromatic heterocycles. The molecule has 3 atom stereocenters. The van der Waals surface area contributed by atoms with Gasteiger partial charge < -0.3 is 19.1 Å². The zero-order valence-electron chi connectivity index (χ0n) is 17.6. The first-order chi connectivity index (χ1) is 15.3. The van der Waals surface area contributed by atoms with E-state index in [1.165, 1.54) is 0 Å².